The molecule has 0 amide bonds. The van der Waals surface area contributed by atoms with Crippen LogP contribution in [0.25, 0.3) is 22.6 Å². The Morgan fingerprint density at radius 1 is 1.00 bits per heavy atom. The van der Waals surface area contributed by atoms with E-state index in [-0.39, 0.29) is 5.75 Å². The minimum absolute atomic E-state index is 0.240. The minimum atomic E-state index is 0.240. The second-order valence-corrected chi connectivity index (χ2v) is 5.05. The molecule has 2 aromatic carbocycles. The normalized spacial score (nSPS) is 12.8. The van der Waals surface area contributed by atoms with Gasteiger partial charge in [-0.05, 0) is 30.5 Å². The molecule has 3 nitrogen and oxygen atoms in total. The van der Waals surface area contributed by atoms with Crippen LogP contribution in [-0.2, 0) is 12.8 Å². The van der Waals surface area contributed by atoms with Gasteiger partial charge in [0.2, 0.25) is 0 Å². The van der Waals surface area contributed by atoms with E-state index in [1.54, 1.807) is 12.1 Å². The Labute approximate surface area is 116 Å². The van der Waals surface area contributed by atoms with E-state index in [9.17, 15) is 5.11 Å². The third kappa shape index (κ3) is 1.63. The number of hydrogen-bond donors (Lipinski definition) is 1. The van der Waals surface area contributed by atoms with Crippen LogP contribution >= 0.6 is 0 Å². The maximum absolute atomic E-state index is 9.61. The van der Waals surface area contributed by atoms with Gasteiger partial charge in [-0.2, -0.15) is 0 Å². The van der Waals surface area contributed by atoms with Gasteiger partial charge in [-0.1, -0.05) is 41.6 Å². The molecule has 1 aromatic heterocycles. The quantitative estimate of drug-likeness (QED) is 0.726. The first-order valence-electron chi connectivity index (χ1n) is 6.69. The van der Waals surface area contributed by atoms with Gasteiger partial charge in [0.25, 0.3) is 0 Å². The van der Waals surface area contributed by atoms with Crippen LogP contribution in [0.1, 0.15) is 11.1 Å². The first-order chi connectivity index (χ1) is 9.83. The molecule has 1 aliphatic carbocycles. The van der Waals surface area contributed by atoms with Crippen molar-refractivity contribution in [3.8, 4) is 28.3 Å². The molecule has 4 rings (SSSR count). The third-order valence-electron chi connectivity index (χ3n) is 3.81. The second kappa shape index (κ2) is 4.23. The summed E-state index contributed by atoms with van der Waals surface area (Å²) >= 11 is 0. The van der Waals surface area contributed by atoms with E-state index in [2.05, 4.69) is 23.4 Å². The van der Waals surface area contributed by atoms with Crippen molar-refractivity contribution in [1.29, 1.82) is 0 Å². The molecule has 0 unspecified atom stereocenters. The predicted molar refractivity (Wildman–Crippen MR) is 76.4 cm³/mol. The SMILES string of the molecule is Oc1cccc(-c2onc3c2CCc2ccccc2-3)c1. The van der Waals surface area contributed by atoms with Crippen LogP contribution < -0.4 is 0 Å². The highest BCUT2D eigenvalue weighted by atomic mass is 16.5. The van der Waals surface area contributed by atoms with E-state index in [4.69, 9.17) is 4.52 Å². The molecule has 3 aromatic rings. The van der Waals surface area contributed by atoms with E-state index in [0.29, 0.717) is 0 Å². The lowest BCUT2D eigenvalue weighted by atomic mass is 9.88. The first-order valence-corrected chi connectivity index (χ1v) is 6.69. The van der Waals surface area contributed by atoms with Crippen molar-refractivity contribution in [2.45, 2.75) is 12.8 Å². The van der Waals surface area contributed by atoms with Crippen LogP contribution in [0.15, 0.2) is 53.1 Å². The highest BCUT2D eigenvalue weighted by Crippen LogP contribution is 2.38. The Hall–Kier alpha value is -2.55. The lowest BCUT2D eigenvalue weighted by Gasteiger charge is -2.14. The van der Waals surface area contributed by atoms with E-state index >= 15 is 0 Å². The molecule has 0 atom stereocenters. The van der Waals surface area contributed by atoms with Gasteiger partial charge in [0.1, 0.15) is 11.4 Å². The van der Waals surface area contributed by atoms with E-state index in [0.717, 1.165) is 41.0 Å². The zero-order chi connectivity index (χ0) is 13.5. The molecule has 1 N–H and O–H groups in total. The Bertz CT molecular complexity index is 789. The van der Waals surface area contributed by atoms with Gasteiger partial charge in [0, 0.05) is 16.7 Å². The first kappa shape index (κ1) is 11.3. The van der Waals surface area contributed by atoms with Crippen molar-refractivity contribution < 1.29 is 9.63 Å². The number of phenols is 1. The smallest absolute Gasteiger partial charge is 0.170 e. The fourth-order valence-electron chi connectivity index (χ4n) is 2.86. The fraction of sp³-hybridized carbons (Fsp3) is 0.118. The number of aromatic nitrogens is 1. The minimum Gasteiger partial charge on any atom is -0.508 e. The molecule has 0 saturated heterocycles. The molecule has 98 valence electrons. The molecule has 1 aliphatic rings. The molecular formula is C17H13NO2. The summed E-state index contributed by atoms with van der Waals surface area (Å²) in [5.41, 5.74) is 5.41. The number of rotatable bonds is 1. The van der Waals surface area contributed by atoms with E-state index < -0.39 is 0 Å². The van der Waals surface area contributed by atoms with Gasteiger partial charge >= 0.3 is 0 Å². The van der Waals surface area contributed by atoms with Crippen LogP contribution in [-0.4, -0.2) is 10.3 Å². The predicted octanol–water partition coefficient (Wildman–Crippen LogP) is 3.81. The second-order valence-electron chi connectivity index (χ2n) is 5.05. The van der Waals surface area contributed by atoms with Crippen molar-refractivity contribution in [3.63, 3.8) is 0 Å². The largest absolute Gasteiger partial charge is 0.508 e. The monoisotopic (exact) mass is 263 g/mol. The number of phenolic OH excluding ortho intramolecular Hbond substituents is 1. The molecule has 0 spiro atoms. The van der Waals surface area contributed by atoms with Gasteiger partial charge in [0.05, 0.1) is 0 Å². The number of nitrogens with zero attached hydrogens (tertiary/aromatic N) is 1. The summed E-state index contributed by atoms with van der Waals surface area (Å²) in [6.45, 7) is 0. The highest BCUT2D eigenvalue weighted by molar-refractivity contribution is 5.76. The van der Waals surface area contributed by atoms with Crippen LogP contribution in [0.4, 0.5) is 0 Å². The zero-order valence-corrected chi connectivity index (χ0v) is 10.8. The van der Waals surface area contributed by atoms with Crippen molar-refractivity contribution in [1.82, 2.24) is 5.16 Å². The van der Waals surface area contributed by atoms with Crippen LogP contribution in [0.3, 0.4) is 0 Å². The van der Waals surface area contributed by atoms with Crippen molar-refractivity contribution >= 4 is 0 Å². The van der Waals surface area contributed by atoms with Crippen molar-refractivity contribution in [3.05, 3.63) is 59.7 Å². The summed E-state index contributed by atoms with van der Waals surface area (Å²) in [4.78, 5) is 0. The Kier molecular flexibility index (Phi) is 2.39. The topological polar surface area (TPSA) is 46.3 Å². The lowest BCUT2D eigenvalue weighted by molar-refractivity contribution is 0.433. The number of fused-ring (bicyclic) bond motifs is 3. The summed E-state index contributed by atoms with van der Waals surface area (Å²) in [5.74, 6) is 1.01. The number of aromatic hydroxyl groups is 1. The average Bonchev–Trinajstić information content (AvgIpc) is 2.91. The van der Waals surface area contributed by atoms with Gasteiger partial charge in [-0.3, -0.25) is 0 Å². The van der Waals surface area contributed by atoms with Gasteiger partial charge in [0.15, 0.2) is 5.76 Å². The van der Waals surface area contributed by atoms with Crippen LogP contribution in [0, 0.1) is 0 Å². The molecule has 0 saturated carbocycles. The summed E-state index contributed by atoms with van der Waals surface area (Å²) in [6, 6.07) is 15.4. The Balaban J connectivity index is 1.90. The number of hydrogen-bond acceptors (Lipinski definition) is 3. The summed E-state index contributed by atoms with van der Waals surface area (Å²) in [5, 5.41) is 13.9. The lowest BCUT2D eigenvalue weighted by Crippen LogP contribution is -2.03. The molecular weight excluding hydrogens is 250 g/mol. The average molecular weight is 263 g/mol. The van der Waals surface area contributed by atoms with E-state index in [1.807, 2.05) is 18.2 Å². The molecule has 0 bridgehead atoms. The van der Waals surface area contributed by atoms with Crippen LogP contribution in [0.2, 0.25) is 0 Å². The fourth-order valence-corrected chi connectivity index (χ4v) is 2.86. The third-order valence-corrected chi connectivity index (χ3v) is 3.81. The molecule has 1 heterocycles. The van der Waals surface area contributed by atoms with Crippen molar-refractivity contribution in [2.75, 3.05) is 0 Å². The van der Waals surface area contributed by atoms with Crippen molar-refractivity contribution in [2.24, 2.45) is 0 Å². The Morgan fingerprint density at radius 2 is 1.90 bits per heavy atom. The molecule has 0 radical (unpaired) electrons. The molecule has 3 heteroatoms. The van der Waals surface area contributed by atoms with Gasteiger partial charge in [-0.25, -0.2) is 0 Å². The highest BCUT2D eigenvalue weighted by Gasteiger charge is 2.24. The summed E-state index contributed by atoms with van der Waals surface area (Å²) in [7, 11) is 0. The molecule has 0 fully saturated rings. The number of aryl methyl sites for hydroxylation is 1. The van der Waals surface area contributed by atoms with Gasteiger partial charge < -0.3 is 9.63 Å². The molecule has 20 heavy (non-hydrogen) atoms. The summed E-state index contributed by atoms with van der Waals surface area (Å²) in [6.07, 6.45) is 1.91. The maximum atomic E-state index is 9.61. The summed E-state index contributed by atoms with van der Waals surface area (Å²) < 4.78 is 5.55. The van der Waals surface area contributed by atoms with Crippen LogP contribution in [0.5, 0.6) is 5.75 Å². The Morgan fingerprint density at radius 3 is 2.80 bits per heavy atom. The maximum Gasteiger partial charge on any atom is 0.170 e. The molecule has 0 aliphatic heterocycles. The standard InChI is InChI=1S/C17H13NO2/c19-13-6-3-5-12(10-13)17-15-9-8-11-4-1-2-7-14(11)16(15)18-20-17/h1-7,10,19H,8-9H2. The number of benzene rings is 2. The van der Waals surface area contributed by atoms with E-state index in [1.165, 1.54) is 5.56 Å². The zero-order valence-electron chi connectivity index (χ0n) is 10.8. The van der Waals surface area contributed by atoms with Gasteiger partial charge in [-0.15, -0.1) is 0 Å².